The van der Waals surface area contributed by atoms with Crippen molar-refractivity contribution in [1.29, 1.82) is 0 Å². The summed E-state index contributed by atoms with van der Waals surface area (Å²) in [5.74, 6) is 0.127. The van der Waals surface area contributed by atoms with Gasteiger partial charge in [-0.1, -0.05) is 17.2 Å². The van der Waals surface area contributed by atoms with Crippen LogP contribution in [0.3, 0.4) is 0 Å². The van der Waals surface area contributed by atoms with Gasteiger partial charge in [-0.3, -0.25) is 0 Å². The maximum absolute atomic E-state index is 12.1. The summed E-state index contributed by atoms with van der Waals surface area (Å²) in [7, 11) is 1.33. The van der Waals surface area contributed by atoms with Crippen molar-refractivity contribution in [1.82, 2.24) is 20.2 Å². The van der Waals surface area contributed by atoms with E-state index >= 15 is 0 Å². The molecule has 0 spiro atoms. The third-order valence-electron chi connectivity index (χ3n) is 3.33. The largest absolute Gasteiger partial charge is 0.508 e. The molecule has 3 rings (SSSR count). The lowest BCUT2D eigenvalue weighted by Gasteiger charge is -2.27. The molecule has 0 bridgehead atoms. The Morgan fingerprint density at radius 1 is 1.38 bits per heavy atom. The van der Waals surface area contributed by atoms with Crippen molar-refractivity contribution in [3.8, 4) is 5.75 Å². The van der Waals surface area contributed by atoms with Gasteiger partial charge >= 0.3 is 5.97 Å². The minimum atomic E-state index is -0.510. The van der Waals surface area contributed by atoms with Gasteiger partial charge < -0.3 is 15.2 Å². The normalized spacial score (nSPS) is 17.1. The third kappa shape index (κ3) is 2.10. The Morgan fingerprint density at radius 3 is 2.76 bits per heavy atom. The van der Waals surface area contributed by atoms with Gasteiger partial charge in [0, 0.05) is 5.70 Å². The van der Waals surface area contributed by atoms with Crippen LogP contribution in [0.1, 0.15) is 18.5 Å². The van der Waals surface area contributed by atoms with E-state index < -0.39 is 12.0 Å². The van der Waals surface area contributed by atoms with E-state index in [1.165, 1.54) is 11.8 Å². The Morgan fingerprint density at radius 2 is 2.10 bits per heavy atom. The molecule has 108 valence electrons. The number of carbonyl (C=O) groups is 1. The molecule has 21 heavy (non-hydrogen) atoms. The van der Waals surface area contributed by atoms with Gasteiger partial charge in [-0.2, -0.15) is 4.68 Å². The molecule has 1 aromatic heterocycles. The van der Waals surface area contributed by atoms with E-state index in [1.54, 1.807) is 31.2 Å². The number of hydrogen-bond donors (Lipinski definition) is 2. The zero-order chi connectivity index (χ0) is 15.0. The number of nitrogens with zero attached hydrogens (tertiary/aromatic N) is 4. The topological polar surface area (TPSA) is 102 Å². The molecule has 0 fully saturated rings. The van der Waals surface area contributed by atoms with Gasteiger partial charge in [-0.05, 0) is 35.0 Å². The molecule has 2 heterocycles. The first-order valence-corrected chi connectivity index (χ1v) is 6.24. The van der Waals surface area contributed by atoms with Crippen molar-refractivity contribution in [3.63, 3.8) is 0 Å². The molecule has 8 nitrogen and oxygen atoms in total. The molecule has 0 aliphatic carbocycles. The van der Waals surface area contributed by atoms with Gasteiger partial charge in [0.15, 0.2) is 0 Å². The maximum Gasteiger partial charge on any atom is 0.338 e. The van der Waals surface area contributed by atoms with Crippen molar-refractivity contribution >= 4 is 11.9 Å². The van der Waals surface area contributed by atoms with Gasteiger partial charge in [0.05, 0.1) is 12.7 Å². The summed E-state index contributed by atoms with van der Waals surface area (Å²) in [5.41, 5.74) is 1.81. The van der Waals surface area contributed by atoms with Crippen LogP contribution < -0.4 is 5.32 Å². The highest BCUT2D eigenvalue weighted by molar-refractivity contribution is 5.92. The van der Waals surface area contributed by atoms with E-state index in [0.29, 0.717) is 17.2 Å². The Bertz CT molecular complexity index is 720. The summed E-state index contributed by atoms with van der Waals surface area (Å²) < 4.78 is 6.36. The summed E-state index contributed by atoms with van der Waals surface area (Å²) >= 11 is 0. The van der Waals surface area contributed by atoms with E-state index in [1.807, 2.05) is 0 Å². The highest BCUT2D eigenvalue weighted by Crippen LogP contribution is 2.35. The summed E-state index contributed by atoms with van der Waals surface area (Å²) in [5, 5.41) is 23.8. The monoisotopic (exact) mass is 287 g/mol. The fourth-order valence-electron chi connectivity index (χ4n) is 2.35. The summed E-state index contributed by atoms with van der Waals surface area (Å²) in [6.45, 7) is 1.76. The van der Waals surface area contributed by atoms with Crippen LogP contribution in [0.4, 0.5) is 5.95 Å². The molecular weight excluding hydrogens is 274 g/mol. The van der Waals surface area contributed by atoms with Gasteiger partial charge in [0.25, 0.3) is 0 Å². The number of aromatic hydroxyl groups is 1. The number of phenolic OH excluding ortho intramolecular Hbond substituents is 1. The Balaban J connectivity index is 2.17. The Kier molecular flexibility index (Phi) is 3.05. The third-order valence-corrected chi connectivity index (χ3v) is 3.33. The van der Waals surface area contributed by atoms with E-state index in [4.69, 9.17) is 4.74 Å². The Labute approximate surface area is 120 Å². The zero-order valence-electron chi connectivity index (χ0n) is 11.4. The van der Waals surface area contributed by atoms with Gasteiger partial charge in [-0.25, -0.2) is 4.79 Å². The number of methoxy groups -OCH3 is 1. The number of fused-ring (bicyclic) bond motifs is 1. The van der Waals surface area contributed by atoms with E-state index in [0.717, 1.165) is 5.56 Å². The molecule has 0 amide bonds. The number of rotatable bonds is 2. The van der Waals surface area contributed by atoms with Crippen LogP contribution in [0.15, 0.2) is 35.5 Å². The quantitative estimate of drug-likeness (QED) is 0.789. The number of phenols is 1. The van der Waals surface area contributed by atoms with Crippen LogP contribution in [0.25, 0.3) is 0 Å². The molecule has 2 N–H and O–H groups in total. The van der Waals surface area contributed by atoms with E-state index in [9.17, 15) is 9.90 Å². The number of anilines is 1. The number of aromatic nitrogens is 4. The molecule has 0 saturated heterocycles. The molecule has 1 aliphatic rings. The first-order valence-electron chi connectivity index (χ1n) is 6.24. The van der Waals surface area contributed by atoms with Gasteiger partial charge in [0.1, 0.15) is 11.8 Å². The zero-order valence-corrected chi connectivity index (χ0v) is 11.4. The van der Waals surface area contributed by atoms with Crippen LogP contribution in [0, 0.1) is 0 Å². The summed E-state index contributed by atoms with van der Waals surface area (Å²) in [6.07, 6.45) is 0. The van der Waals surface area contributed by atoms with Crippen molar-refractivity contribution in [2.75, 3.05) is 12.4 Å². The Hall–Kier alpha value is -2.90. The van der Waals surface area contributed by atoms with Crippen LogP contribution in [0.5, 0.6) is 5.75 Å². The lowest BCUT2D eigenvalue weighted by atomic mass is 9.96. The number of hydrogen-bond acceptors (Lipinski definition) is 7. The standard InChI is InChI=1S/C13H13N5O3/c1-7-10(12(20)21-2)11(8-3-5-9(19)6-4-8)18-13(14-7)15-16-17-18/h3-6,11,19H,1-2H3,(H,14,15,17)/t11-/m1/s1. The average Bonchev–Trinajstić information content (AvgIpc) is 2.94. The van der Waals surface area contributed by atoms with Crippen molar-refractivity contribution in [2.45, 2.75) is 13.0 Å². The number of allylic oxidation sites excluding steroid dienone is 1. The highest BCUT2D eigenvalue weighted by atomic mass is 16.5. The maximum atomic E-state index is 12.1. The highest BCUT2D eigenvalue weighted by Gasteiger charge is 2.34. The molecule has 0 radical (unpaired) electrons. The molecular formula is C13H13N5O3. The van der Waals surface area contributed by atoms with E-state index in [-0.39, 0.29) is 5.75 Å². The fourth-order valence-corrected chi connectivity index (χ4v) is 2.35. The molecule has 0 saturated carbocycles. The fraction of sp³-hybridized carbons (Fsp3) is 0.231. The van der Waals surface area contributed by atoms with Crippen molar-refractivity contribution in [2.24, 2.45) is 0 Å². The average molecular weight is 287 g/mol. The number of ether oxygens (including phenoxy) is 1. The lowest BCUT2D eigenvalue weighted by molar-refractivity contribution is -0.136. The molecule has 1 aromatic carbocycles. The predicted molar refractivity (Wildman–Crippen MR) is 72.4 cm³/mol. The first kappa shape index (κ1) is 13.1. The number of benzene rings is 1. The SMILES string of the molecule is COC(=O)C1=C(C)Nc2nnnn2[C@@H]1c1ccc(O)cc1. The first-order chi connectivity index (χ1) is 10.1. The van der Waals surface area contributed by atoms with Crippen LogP contribution in [0.2, 0.25) is 0 Å². The van der Waals surface area contributed by atoms with Crippen LogP contribution in [-0.2, 0) is 9.53 Å². The molecule has 2 aromatic rings. The minimum Gasteiger partial charge on any atom is -0.508 e. The second-order valence-corrected chi connectivity index (χ2v) is 4.60. The van der Waals surface area contributed by atoms with E-state index in [2.05, 4.69) is 20.8 Å². The molecule has 1 atom stereocenters. The number of tetrazole rings is 1. The molecule has 0 unspecified atom stereocenters. The smallest absolute Gasteiger partial charge is 0.338 e. The van der Waals surface area contributed by atoms with Crippen molar-refractivity contribution in [3.05, 3.63) is 41.1 Å². The van der Waals surface area contributed by atoms with Gasteiger partial charge in [0.2, 0.25) is 5.95 Å². The summed E-state index contributed by atoms with van der Waals surface area (Å²) in [4.78, 5) is 12.1. The van der Waals surface area contributed by atoms with Crippen molar-refractivity contribution < 1.29 is 14.6 Å². The van der Waals surface area contributed by atoms with Crippen LogP contribution >= 0.6 is 0 Å². The second-order valence-electron chi connectivity index (χ2n) is 4.60. The molecule has 1 aliphatic heterocycles. The van der Waals surface area contributed by atoms with Crippen LogP contribution in [-0.4, -0.2) is 38.4 Å². The lowest BCUT2D eigenvalue weighted by Crippen LogP contribution is -2.29. The predicted octanol–water partition coefficient (Wildman–Crippen LogP) is 0.841. The summed E-state index contributed by atoms with van der Waals surface area (Å²) in [6, 6.07) is 6.02. The second kappa shape index (κ2) is 4.89. The number of nitrogens with one attached hydrogen (secondary N) is 1. The van der Waals surface area contributed by atoms with Gasteiger partial charge in [-0.15, -0.1) is 0 Å². The number of carbonyl (C=O) groups excluding carboxylic acids is 1. The number of esters is 1. The minimum absolute atomic E-state index is 0.143. The molecule has 8 heteroatoms.